The summed E-state index contributed by atoms with van der Waals surface area (Å²) < 4.78 is 5.45. The Kier molecular flexibility index (Phi) is 5.50. The van der Waals surface area contributed by atoms with Crippen LogP contribution in [-0.2, 0) is 0 Å². The third-order valence-corrected chi connectivity index (χ3v) is 5.24. The van der Waals surface area contributed by atoms with Gasteiger partial charge >= 0.3 is 0 Å². The fourth-order valence-electron chi connectivity index (χ4n) is 2.79. The summed E-state index contributed by atoms with van der Waals surface area (Å²) in [6.07, 6.45) is 3.29. The molecule has 0 saturated carbocycles. The van der Waals surface area contributed by atoms with E-state index in [9.17, 15) is 0 Å². The van der Waals surface area contributed by atoms with Crippen LogP contribution in [0.25, 0.3) is 21.3 Å². The minimum absolute atomic E-state index is 0.648. The van der Waals surface area contributed by atoms with E-state index < -0.39 is 0 Å². The van der Waals surface area contributed by atoms with Gasteiger partial charge in [0.25, 0.3) is 0 Å². The molecule has 0 aliphatic rings. The molecule has 0 saturated heterocycles. The van der Waals surface area contributed by atoms with Crippen molar-refractivity contribution in [2.75, 3.05) is 12.0 Å². The first-order chi connectivity index (χ1) is 13.7. The topological polar surface area (TPSA) is 59.4 Å². The molecule has 0 unspecified atom stereocenters. The average Bonchev–Trinajstić information content (AvgIpc) is 3.15. The Bertz CT molecular complexity index is 1110. The Morgan fingerprint density at radius 1 is 1.11 bits per heavy atom. The molecule has 2 aromatic heterocycles. The van der Waals surface area contributed by atoms with Crippen molar-refractivity contribution >= 4 is 45.2 Å². The molecule has 2 heterocycles. The summed E-state index contributed by atoms with van der Waals surface area (Å²) in [5.41, 5.74) is 6.12. The van der Waals surface area contributed by atoms with E-state index in [1.165, 1.54) is 0 Å². The van der Waals surface area contributed by atoms with Gasteiger partial charge < -0.3 is 4.74 Å². The smallest absolute Gasteiger partial charge is 0.159 e. The van der Waals surface area contributed by atoms with E-state index in [1.807, 2.05) is 55.5 Å². The van der Waals surface area contributed by atoms with Crippen molar-refractivity contribution in [2.24, 2.45) is 5.10 Å². The number of hydrogen-bond donors (Lipinski definition) is 1. The number of rotatable bonds is 6. The highest BCUT2D eigenvalue weighted by Crippen LogP contribution is 2.36. The molecular formula is C21H17ClN4OS. The van der Waals surface area contributed by atoms with Gasteiger partial charge in [-0.25, -0.2) is 9.97 Å². The number of thiophene rings is 1. The number of hydrogen-bond acceptors (Lipinski definition) is 6. The van der Waals surface area contributed by atoms with Crippen LogP contribution in [0.3, 0.4) is 0 Å². The molecule has 4 rings (SSSR count). The van der Waals surface area contributed by atoms with Gasteiger partial charge in [0.15, 0.2) is 5.82 Å². The maximum absolute atomic E-state index is 6.02. The second-order valence-electron chi connectivity index (χ2n) is 5.93. The Balaban J connectivity index is 1.60. The van der Waals surface area contributed by atoms with Gasteiger partial charge in [0.2, 0.25) is 0 Å². The zero-order chi connectivity index (χ0) is 19.3. The quantitative estimate of drug-likeness (QED) is 0.321. The maximum atomic E-state index is 6.02. The minimum atomic E-state index is 0.648. The summed E-state index contributed by atoms with van der Waals surface area (Å²) in [5, 5.41) is 8.07. The normalized spacial score (nSPS) is 11.2. The van der Waals surface area contributed by atoms with E-state index in [0.29, 0.717) is 17.4 Å². The first kappa shape index (κ1) is 18.4. The molecule has 0 aliphatic heterocycles. The van der Waals surface area contributed by atoms with Gasteiger partial charge in [-0.1, -0.05) is 23.7 Å². The number of ether oxygens (including phenoxy) is 1. The predicted molar refractivity (Wildman–Crippen MR) is 117 cm³/mol. The van der Waals surface area contributed by atoms with Crippen molar-refractivity contribution in [1.82, 2.24) is 9.97 Å². The van der Waals surface area contributed by atoms with E-state index in [4.69, 9.17) is 16.3 Å². The highest BCUT2D eigenvalue weighted by molar-refractivity contribution is 7.17. The number of fused-ring (bicyclic) bond motifs is 1. The van der Waals surface area contributed by atoms with Crippen molar-refractivity contribution in [2.45, 2.75) is 6.92 Å². The number of halogens is 1. The molecule has 7 heteroatoms. The van der Waals surface area contributed by atoms with Crippen LogP contribution in [0, 0.1) is 0 Å². The lowest BCUT2D eigenvalue weighted by molar-refractivity contribution is 0.340. The fourth-order valence-corrected chi connectivity index (χ4v) is 3.83. The monoisotopic (exact) mass is 408 g/mol. The van der Waals surface area contributed by atoms with Gasteiger partial charge in [0, 0.05) is 16.0 Å². The summed E-state index contributed by atoms with van der Waals surface area (Å²) >= 11 is 7.59. The van der Waals surface area contributed by atoms with Crippen LogP contribution in [-0.4, -0.2) is 22.8 Å². The van der Waals surface area contributed by atoms with Crippen molar-refractivity contribution in [3.63, 3.8) is 0 Å². The second-order valence-corrected chi connectivity index (χ2v) is 7.23. The van der Waals surface area contributed by atoms with Crippen molar-refractivity contribution in [1.29, 1.82) is 0 Å². The summed E-state index contributed by atoms with van der Waals surface area (Å²) in [6.45, 7) is 2.61. The number of nitrogens with one attached hydrogen (secondary N) is 1. The van der Waals surface area contributed by atoms with E-state index in [0.717, 1.165) is 32.7 Å². The predicted octanol–water partition coefficient (Wildman–Crippen LogP) is 5.86. The maximum Gasteiger partial charge on any atom is 0.159 e. The highest BCUT2D eigenvalue weighted by atomic mass is 35.5. The summed E-state index contributed by atoms with van der Waals surface area (Å²) in [7, 11) is 0. The standard InChI is InChI=1S/C21H17ClN4OS/c1-2-27-17-9-3-14(4-10-17)11-25-26-20-19-18(12-28-21(19)24-13-23-20)15-5-7-16(22)8-6-15/h3-13H,2H2,1H3,(H,23,24,26)/b25-11+. The van der Waals surface area contributed by atoms with Crippen LogP contribution in [0.15, 0.2) is 65.3 Å². The summed E-state index contributed by atoms with van der Waals surface area (Å²) in [5.74, 6) is 1.51. The third kappa shape index (κ3) is 3.98. The Labute approximate surface area is 171 Å². The van der Waals surface area contributed by atoms with Gasteiger partial charge in [-0.15, -0.1) is 11.3 Å². The molecule has 28 heavy (non-hydrogen) atoms. The fraction of sp³-hybridized carbons (Fsp3) is 0.0952. The molecule has 0 aliphatic carbocycles. The third-order valence-electron chi connectivity index (χ3n) is 4.10. The summed E-state index contributed by atoms with van der Waals surface area (Å²) in [4.78, 5) is 9.65. The van der Waals surface area contributed by atoms with Gasteiger partial charge in [-0.3, -0.25) is 5.43 Å². The Hall–Kier alpha value is -2.96. The largest absolute Gasteiger partial charge is 0.494 e. The molecule has 1 N–H and O–H groups in total. The molecule has 0 atom stereocenters. The van der Waals surface area contributed by atoms with Gasteiger partial charge in [-0.2, -0.15) is 5.10 Å². The first-order valence-electron chi connectivity index (χ1n) is 8.74. The lowest BCUT2D eigenvalue weighted by Gasteiger charge is -2.05. The average molecular weight is 409 g/mol. The number of aromatic nitrogens is 2. The van der Waals surface area contributed by atoms with Gasteiger partial charge in [-0.05, 0) is 54.4 Å². The lowest BCUT2D eigenvalue weighted by Crippen LogP contribution is -1.96. The molecule has 0 amide bonds. The van der Waals surface area contributed by atoms with Crippen molar-refractivity contribution in [3.8, 4) is 16.9 Å². The molecule has 0 fully saturated rings. The van der Waals surface area contributed by atoms with Crippen LogP contribution < -0.4 is 10.2 Å². The van der Waals surface area contributed by atoms with E-state index >= 15 is 0 Å². The first-order valence-corrected chi connectivity index (χ1v) is 10.0. The van der Waals surface area contributed by atoms with Crippen molar-refractivity contribution < 1.29 is 4.74 Å². The van der Waals surface area contributed by atoms with Gasteiger partial charge in [0.05, 0.1) is 18.2 Å². The SMILES string of the molecule is CCOc1ccc(/C=N/Nc2ncnc3scc(-c4ccc(Cl)cc4)c23)cc1. The van der Waals surface area contributed by atoms with E-state index in [2.05, 4.69) is 25.9 Å². The molecular weight excluding hydrogens is 392 g/mol. The molecule has 140 valence electrons. The van der Waals surface area contributed by atoms with Crippen molar-refractivity contribution in [3.05, 3.63) is 70.8 Å². The molecule has 0 spiro atoms. The molecule has 4 aromatic rings. The molecule has 0 bridgehead atoms. The Morgan fingerprint density at radius 2 is 1.89 bits per heavy atom. The lowest BCUT2D eigenvalue weighted by atomic mass is 10.1. The minimum Gasteiger partial charge on any atom is -0.494 e. The van der Waals surface area contributed by atoms with E-state index in [-0.39, 0.29) is 0 Å². The van der Waals surface area contributed by atoms with Crippen LogP contribution in [0.5, 0.6) is 5.75 Å². The highest BCUT2D eigenvalue weighted by Gasteiger charge is 2.12. The molecule has 2 aromatic carbocycles. The second kappa shape index (κ2) is 8.37. The summed E-state index contributed by atoms with van der Waals surface area (Å²) in [6, 6.07) is 15.5. The zero-order valence-corrected chi connectivity index (χ0v) is 16.7. The van der Waals surface area contributed by atoms with Crippen LogP contribution in [0.4, 0.5) is 5.82 Å². The molecule has 5 nitrogen and oxygen atoms in total. The zero-order valence-electron chi connectivity index (χ0n) is 15.1. The van der Waals surface area contributed by atoms with Crippen LogP contribution in [0.1, 0.15) is 12.5 Å². The number of anilines is 1. The van der Waals surface area contributed by atoms with Crippen LogP contribution in [0.2, 0.25) is 5.02 Å². The molecule has 0 radical (unpaired) electrons. The number of benzene rings is 2. The van der Waals surface area contributed by atoms with E-state index in [1.54, 1.807) is 23.9 Å². The number of nitrogens with zero attached hydrogens (tertiary/aromatic N) is 3. The van der Waals surface area contributed by atoms with Crippen LogP contribution >= 0.6 is 22.9 Å². The van der Waals surface area contributed by atoms with Gasteiger partial charge in [0.1, 0.15) is 16.9 Å². The number of hydrazone groups is 1. The Morgan fingerprint density at radius 3 is 2.64 bits per heavy atom.